The maximum Gasteiger partial charge on any atom is 0.202 e. The van der Waals surface area contributed by atoms with Crippen LogP contribution in [0, 0.1) is 12.8 Å². The number of Topliss-reactive ketones (excluding diaryl/α,β-unsaturated/α-hetero) is 1. The highest BCUT2D eigenvalue weighted by atomic mass is 35.5. The van der Waals surface area contributed by atoms with Gasteiger partial charge in [-0.05, 0) is 49.9 Å². The van der Waals surface area contributed by atoms with E-state index in [0.29, 0.717) is 35.2 Å². The van der Waals surface area contributed by atoms with Gasteiger partial charge in [0.25, 0.3) is 0 Å². The highest BCUT2D eigenvalue weighted by molar-refractivity contribution is 7.99. The van der Waals surface area contributed by atoms with E-state index in [1.54, 1.807) is 18.9 Å². The summed E-state index contributed by atoms with van der Waals surface area (Å²) in [6.45, 7) is 7.08. The van der Waals surface area contributed by atoms with Gasteiger partial charge in [-0.3, -0.25) is 4.79 Å². The second-order valence-corrected chi connectivity index (χ2v) is 10.4. The van der Waals surface area contributed by atoms with Gasteiger partial charge in [-0.25, -0.2) is 4.98 Å². The summed E-state index contributed by atoms with van der Waals surface area (Å²) < 4.78 is 13.0. The van der Waals surface area contributed by atoms with E-state index in [1.165, 1.54) is 18.4 Å². The Balaban J connectivity index is 0.00000289. The molecular weight excluding hydrogens is 486 g/mol. The normalized spacial score (nSPS) is 21.0. The summed E-state index contributed by atoms with van der Waals surface area (Å²) in [5.41, 5.74) is 3.05. The maximum atomic E-state index is 12.2. The second-order valence-electron chi connectivity index (χ2n) is 9.32. The third-order valence-electron chi connectivity index (χ3n) is 7.25. The third-order valence-corrected chi connectivity index (χ3v) is 8.35. The molecule has 0 N–H and O–H groups in total. The summed E-state index contributed by atoms with van der Waals surface area (Å²) >= 11 is 1.73. The number of ether oxygens (including phenoxy) is 1. The van der Waals surface area contributed by atoms with Gasteiger partial charge in [-0.2, -0.15) is 0 Å². The molecule has 0 radical (unpaired) electrons. The lowest BCUT2D eigenvalue weighted by Gasteiger charge is -2.21. The number of thioether (sulfide) groups is 1. The van der Waals surface area contributed by atoms with E-state index < -0.39 is 0 Å². The monoisotopic (exact) mass is 517 g/mol. The van der Waals surface area contributed by atoms with Crippen LogP contribution in [0.25, 0.3) is 11.6 Å². The molecule has 3 aromatic rings. The van der Waals surface area contributed by atoms with Crippen LogP contribution in [0.3, 0.4) is 0 Å². The topological polar surface area (TPSA) is 86.3 Å². The number of methoxy groups -OCH3 is 1. The van der Waals surface area contributed by atoms with Crippen molar-refractivity contribution < 1.29 is 13.9 Å². The van der Waals surface area contributed by atoms with Crippen molar-refractivity contribution >= 4 is 30.0 Å². The minimum atomic E-state index is 0. The summed E-state index contributed by atoms with van der Waals surface area (Å²) in [5, 5.41) is 9.51. The number of aromatic nitrogens is 4. The SMILES string of the molecule is CCC(=O)c1ccc(C23C[C@@H]2CN(CCCSc2nnc(-c4ocnc4C)n2C)C3)cc1OC.Cl. The predicted octanol–water partition coefficient (Wildman–Crippen LogP) is 4.56. The molecule has 2 aromatic heterocycles. The Morgan fingerprint density at radius 3 is 2.89 bits per heavy atom. The number of aryl methyl sites for hydroxylation is 1. The predicted molar refractivity (Wildman–Crippen MR) is 138 cm³/mol. The van der Waals surface area contributed by atoms with Gasteiger partial charge < -0.3 is 18.6 Å². The van der Waals surface area contributed by atoms with Crippen LogP contribution in [0.2, 0.25) is 0 Å². The highest BCUT2D eigenvalue weighted by Gasteiger charge is 2.60. The number of hydrogen-bond donors (Lipinski definition) is 0. The summed E-state index contributed by atoms with van der Waals surface area (Å²) in [5.74, 6) is 3.90. The molecular formula is C25H32ClN5O3S. The van der Waals surface area contributed by atoms with E-state index in [1.807, 2.05) is 31.5 Å². The van der Waals surface area contributed by atoms with Gasteiger partial charge in [-0.1, -0.05) is 24.8 Å². The third kappa shape index (κ3) is 4.73. The first kappa shape index (κ1) is 25.7. The lowest BCUT2D eigenvalue weighted by atomic mass is 9.92. The van der Waals surface area contributed by atoms with Crippen LogP contribution < -0.4 is 4.74 Å². The van der Waals surface area contributed by atoms with Gasteiger partial charge >= 0.3 is 0 Å². The molecule has 188 valence electrons. The highest BCUT2D eigenvalue weighted by Crippen LogP contribution is 2.59. The zero-order chi connectivity index (χ0) is 23.9. The van der Waals surface area contributed by atoms with Gasteiger partial charge in [0, 0.05) is 37.7 Å². The zero-order valence-corrected chi connectivity index (χ0v) is 22.2. The first-order valence-electron chi connectivity index (χ1n) is 11.8. The number of rotatable bonds is 10. The van der Waals surface area contributed by atoms with Crippen molar-refractivity contribution in [3.63, 3.8) is 0 Å². The number of benzene rings is 1. The number of oxazole rings is 1. The summed E-state index contributed by atoms with van der Waals surface area (Å²) in [4.78, 5) is 18.9. The molecule has 0 bridgehead atoms. The summed E-state index contributed by atoms with van der Waals surface area (Å²) in [6, 6.07) is 6.20. The number of nitrogens with zero attached hydrogens (tertiary/aromatic N) is 5. The molecule has 1 saturated heterocycles. The van der Waals surface area contributed by atoms with Crippen molar-refractivity contribution in [2.45, 2.75) is 43.7 Å². The average molecular weight is 518 g/mol. The van der Waals surface area contributed by atoms with E-state index in [9.17, 15) is 4.79 Å². The Morgan fingerprint density at radius 1 is 1.34 bits per heavy atom. The second kappa shape index (κ2) is 10.3. The molecule has 5 rings (SSSR count). The maximum absolute atomic E-state index is 12.2. The van der Waals surface area contributed by atoms with Gasteiger partial charge in [0.15, 0.2) is 23.1 Å². The van der Waals surface area contributed by atoms with Gasteiger partial charge in [0.05, 0.1) is 18.4 Å². The van der Waals surface area contributed by atoms with E-state index in [0.717, 1.165) is 42.7 Å². The number of fused-ring (bicyclic) bond motifs is 1. The standard InChI is InChI=1S/C25H31N5O3S.ClH/c1-5-20(31)19-8-7-17(11-21(19)32-4)25-12-18(25)13-30(14-25)9-6-10-34-24-28-27-23(29(24)3)22-16(2)26-15-33-22;/h7-8,11,15,18H,5-6,9-10,12-14H2,1-4H3;1H/t18-,25?;/m1./s1. The number of piperidine rings is 1. The van der Waals surface area contributed by atoms with Gasteiger partial charge in [0.1, 0.15) is 5.75 Å². The fourth-order valence-electron chi connectivity index (χ4n) is 5.23. The lowest BCUT2D eigenvalue weighted by molar-refractivity contribution is 0.0985. The number of halogens is 1. The van der Waals surface area contributed by atoms with Crippen molar-refractivity contribution in [2.75, 3.05) is 32.5 Å². The number of likely N-dealkylation sites (tertiary alicyclic amines) is 1. The largest absolute Gasteiger partial charge is 0.496 e. The molecule has 35 heavy (non-hydrogen) atoms. The van der Waals surface area contributed by atoms with Crippen molar-refractivity contribution in [3.8, 4) is 17.3 Å². The van der Waals surface area contributed by atoms with Crippen molar-refractivity contribution in [3.05, 3.63) is 41.4 Å². The zero-order valence-electron chi connectivity index (χ0n) is 20.6. The summed E-state index contributed by atoms with van der Waals surface area (Å²) in [7, 11) is 3.62. The van der Waals surface area contributed by atoms with Crippen LogP contribution in [-0.2, 0) is 12.5 Å². The smallest absolute Gasteiger partial charge is 0.202 e. The number of ketones is 1. The van der Waals surface area contributed by atoms with Crippen LogP contribution in [0.15, 0.2) is 34.2 Å². The van der Waals surface area contributed by atoms with Gasteiger partial charge in [-0.15, -0.1) is 22.6 Å². The van der Waals surface area contributed by atoms with E-state index in [2.05, 4.69) is 32.2 Å². The fourth-order valence-corrected chi connectivity index (χ4v) is 6.07. The Bertz CT molecular complexity index is 1210. The van der Waals surface area contributed by atoms with Crippen molar-refractivity contribution in [1.29, 1.82) is 0 Å². The molecule has 1 aliphatic carbocycles. The molecule has 10 heteroatoms. The fraction of sp³-hybridized carbons (Fsp3) is 0.520. The molecule has 1 saturated carbocycles. The first-order valence-corrected chi connectivity index (χ1v) is 12.8. The number of hydrogen-bond acceptors (Lipinski definition) is 8. The molecule has 2 aliphatic rings. The molecule has 0 amide bonds. The Kier molecular flexibility index (Phi) is 7.59. The van der Waals surface area contributed by atoms with E-state index in [-0.39, 0.29) is 23.6 Å². The van der Waals surface area contributed by atoms with Crippen LogP contribution in [-0.4, -0.2) is 62.9 Å². The summed E-state index contributed by atoms with van der Waals surface area (Å²) in [6.07, 6.45) is 4.24. The molecule has 3 heterocycles. The van der Waals surface area contributed by atoms with Crippen molar-refractivity contribution in [2.24, 2.45) is 13.0 Å². The Hall–Kier alpha value is -2.36. The van der Waals surface area contributed by atoms with Crippen LogP contribution in [0.1, 0.15) is 47.8 Å². The molecule has 1 aromatic carbocycles. The minimum absolute atomic E-state index is 0. The average Bonchev–Trinajstić information content (AvgIpc) is 3.13. The molecule has 0 spiro atoms. The number of carbonyl (C=O) groups is 1. The van der Waals surface area contributed by atoms with Gasteiger partial charge in [0.2, 0.25) is 5.82 Å². The first-order chi connectivity index (χ1) is 16.5. The molecule has 1 aliphatic heterocycles. The van der Waals surface area contributed by atoms with E-state index >= 15 is 0 Å². The number of carbonyl (C=O) groups excluding carboxylic acids is 1. The molecule has 1 unspecified atom stereocenters. The molecule has 8 nitrogen and oxygen atoms in total. The lowest BCUT2D eigenvalue weighted by Crippen LogP contribution is -2.28. The molecule has 2 fully saturated rings. The Labute approximate surface area is 216 Å². The van der Waals surface area contributed by atoms with Crippen LogP contribution >= 0.6 is 24.2 Å². The van der Waals surface area contributed by atoms with E-state index in [4.69, 9.17) is 9.15 Å². The van der Waals surface area contributed by atoms with Crippen LogP contribution in [0.4, 0.5) is 0 Å². The quantitative estimate of drug-likeness (QED) is 0.220. The van der Waals surface area contributed by atoms with Crippen molar-refractivity contribution in [1.82, 2.24) is 24.6 Å². The van der Waals surface area contributed by atoms with Crippen LogP contribution in [0.5, 0.6) is 5.75 Å². The Morgan fingerprint density at radius 2 is 2.17 bits per heavy atom. The minimum Gasteiger partial charge on any atom is -0.496 e. The molecule has 2 atom stereocenters.